The lowest BCUT2D eigenvalue weighted by molar-refractivity contribution is 0.429. The highest BCUT2D eigenvalue weighted by Crippen LogP contribution is 2.44. The molecule has 322 valence electrons. The first-order valence-electron chi connectivity index (χ1n) is 23.2. The number of nitrogens with zero attached hydrogens (tertiary/aromatic N) is 4. The van der Waals surface area contributed by atoms with E-state index in [1.807, 2.05) is 12.1 Å². The van der Waals surface area contributed by atoms with Gasteiger partial charge >= 0.3 is 0 Å². The molecule has 2 aromatic heterocycles. The molecule has 0 spiro atoms. The van der Waals surface area contributed by atoms with E-state index in [0.29, 0.717) is 12.8 Å². The average molecular weight is 863 g/mol. The topological polar surface area (TPSA) is 16.3 Å². The van der Waals surface area contributed by atoms with Gasteiger partial charge in [0.2, 0.25) is 0 Å². The summed E-state index contributed by atoms with van der Waals surface area (Å²) < 4.78 is 32.9. The number of fused-ring (bicyclic) bond motifs is 6. The molecule has 0 fully saturated rings. The van der Waals surface area contributed by atoms with Crippen LogP contribution in [0.5, 0.6) is 0 Å². The third kappa shape index (κ3) is 7.05. The SMILES string of the molecule is FC1=CCC(n2c3ccccc3c3cc(N(c4ccccc4)c4ccc(-c5ccc(N(C6=CC=CCC6)c6ccc7c(c6)c6c(n7-c7ccc(F)cc7)CCC=C6)cc5)cc4)ccc32)CC1. The lowest BCUT2D eigenvalue weighted by atomic mass is 10.0. The molecule has 0 N–H and O–H groups in total. The highest BCUT2D eigenvalue weighted by Gasteiger charge is 2.24. The number of rotatable bonds is 9. The second-order valence-electron chi connectivity index (χ2n) is 17.7. The number of hydrogen-bond donors (Lipinski definition) is 0. The van der Waals surface area contributed by atoms with E-state index in [1.54, 1.807) is 18.2 Å². The van der Waals surface area contributed by atoms with Gasteiger partial charge in [-0.2, -0.15) is 0 Å². The van der Waals surface area contributed by atoms with E-state index < -0.39 is 0 Å². The molecule has 6 heteroatoms. The Balaban J connectivity index is 0.884. The Bertz CT molecular complexity index is 3410. The molecule has 1 atom stereocenters. The van der Waals surface area contributed by atoms with Gasteiger partial charge in [-0.05, 0) is 159 Å². The summed E-state index contributed by atoms with van der Waals surface area (Å²) in [7, 11) is 0. The van der Waals surface area contributed by atoms with Crippen molar-refractivity contribution >= 4 is 67.2 Å². The van der Waals surface area contributed by atoms with Gasteiger partial charge in [-0.3, -0.25) is 0 Å². The highest BCUT2D eigenvalue weighted by molar-refractivity contribution is 6.09. The van der Waals surface area contributed by atoms with E-state index in [9.17, 15) is 8.78 Å². The van der Waals surface area contributed by atoms with Gasteiger partial charge in [-0.25, -0.2) is 8.78 Å². The van der Waals surface area contributed by atoms with Crippen LogP contribution in [0.15, 0.2) is 206 Å². The molecule has 1 unspecified atom stereocenters. The van der Waals surface area contributed by atoms with Crippen LogP contribution >= 0.6 is 0 Å². The fourth-order valence-corrected chi connectivity index (χ4v) is 10.7. The zero-order valence-corrected chi connectivity index (χ0v) is 36.6. The number of para-hydroxylation sites is 2. The van der Waals surface area contributed by atoms with Gasteiger partial charge in [0.15, 0.2) is 0 Å². The molecule has 7 aromatic carbocycles. The van der Waals surface area contributed by atoms with Crippen LogP contribution in [0.1, 0.15) is 55.8 Å². The van der Waals surface area contributed by atoms with Crippen LogP contribution in [0.3, 0.4) is 0 Å². The number of benzene rings is 7. The first-order chi connectivity index (χ1) is 32.6. The molecular formula is C60H48F2N4. The predicted molar refractivity (Wildman–Crippen MR) is 271 cm³/mol. The van der Waals surface area contributed by atoms with Gasteiger partial charge in [-0.1, -0.05) is 91.0 Å². The van der Waals surface area contributed by atoms with Crippen molar-refractivity contribution in [3.05, 3.63) is 223 Å². The number of allylic oxidation sites excluding steroid dienone is 7. The van der Waals surface area contributed by atoms with Crippen LogP contribution in [0, 0.1) is 5.82 Å². The predicted octanol–water partition coefficient (Wildman–Crippen LogP) is 16.9. The molecule has 3 aliphatic carbocycles. The van der Waals surface area contributed by atoms with E-state index in [1.165, 1.54) is 44.1 Å². The van der Waals surface area contributed by atoms with E-state index in [-0.39, 0.29) is 17.7 Å². The van der Waals surface area contributed by atoms with E-state index in [0.717, 1.165) is 82.9 Å². The van der Waals surface area contributed by atoms with Crippen molar-refractivity contribution in [3.63, 3.8) is 0 Å². The Morgan fingerprint density at radius 3 is 1.88 bits per heavy atom. The summed E-state index contributed by atoms with van der Waals surface area (Å²) in [5.41, 5.74) is 16.0. The third-order valence-corrected chi connectivity index (χ3v) is 13.8. The number of aromatic nitrogens is 2. The van der Waals surface area contributed by atoms with Crippen LogP contribution in [0.25, 0.3) is 55.6 Å². The first-order valence-corrected chi connectivity index (χ1v) is 23.2. The lowest BCUT2D eigenvalue weighted by Gasteiger charge is -2.29. The highest BCUT2D eigenvalue weighted by atomic mass is 19.1. The molecule has 0 amide bonds. The first kappa shape index (κ1) is 39.9. The van der Waals surface area contributed by atoms with Crippen molar-refractivity contribution in [2.24, 2.45) is 0 Å². The van der Waals surface area contributed by atoms with Crippen LogP contribution in [-0.2, 0) is 6.42 Å². The Morgan fingerprint density at radius 1 is 0.515 bits per heavy atom. The summed E-state index contributed by atoms with van der Waals surface area (Å²) in [5.74, 6) is -0.223. The Kier molecular flexibility index (Phi) is 10.1. The summed E-state index contributed by atoms with van der Waals surface area (Å²) >= 11 is 0. The van der Waals surface area contributed by atoms with Crippen LogP contribution in [0.2, 0.25) is 0 Å². The molecule has 3 aliphatic rings. The maximum atomic E-state index is 14.1. The van der Waals surface area contributed by atoms with E-state index in [2.05, 4.69) is 189 Å². The second-order valence-corrected chi connectivity index (χ2v) is 17.7. The zero-order chi connectivity index (χ0) is 44.1. The van der Waals surface area contributed by atoms with Crippen LogP contribution in [-0.4, -0.2) is 9.13 Å². The molecular weight excluding hydrogens is 815 g/mol. The molecule has 2 heterocycles. The summed E-state index contributed by atoms with van der Waals surface area (Å²) in [6, 6.07) is 57.7. The molecule has 0 aliphatic heterocycles. The molecule has 4 nitrogen and oxygen atoms in total. The molecule has 9 aromatic rings. The molecule has 0 bridgehead atoms. The quantitative estimate of drug-likeness (QED) is 0.144. The largest absolute Gasteiger partial charge is 0.337 e. The number of hydrogen-bond acceptors (Lipinski definition) is 2. The maximum Gasteiger partial charge on any atom is 0.123 e. The number of anilines is 5. The van der Waals surface area contributed by atoms with Crippen LogP contribution < -0.4 is 9.80 Å². The van der Waals surface area contributed by atoms with E-state index >= 15 is 0 Å². The smallest absolute Gasteiger partial charge is 0.123 e. The van der Waals surface area contributed by atoms with Crippen LogP contribution in [0.4, 0.5) is 37.2 Å². The van der Waals surface area contributed by atoms with Crippen molar-refractivity contribution in [1.82, 2.24) is 9.13 Å². The lowest BCUT2D eigenvalue weighted by Crippen LogP contribution is -2.17. The van der Waals surface area contributed by atoms with Crippen molar-refractivity contribution in [2.45, 2.75) is 51.0 Å². The number of halogens is 2. The Morgan fingerprint density at radius 2 is 1.15 bits per heavy atom. The van der Waals surface area contributed by atoms with Gasteiger partial charge in [0.25, 0.3) is 0 Å². The molecule has 0 saturated heterocycles. The summed E-state index contributed by atoms with van der Waals surface area (Å²) in [4.78, 5) is 4.74. The monoisotopic (exact) mass is 862 g/mol. The zero-order valence-electron chi connectivity index (χ0n) is 36.6. The van der Waals surface area contributed by atoms with E-state index in [4.69, 9.17) is 0 Å². The van der Waals surface area contributed by atoms with Crippen molar-refractivity contribution < 1.29 is 8.78 Å². The van der Waals surface area contributed by atoms with Gasteiger partial charge < -0.3 is 18.9 Å². The molecule has 0 saturated carbocycles. The second kappa shape index (κ2) is 16.7. The van der Waals surface area contributed by atoms with Gasteiger partial charge in [-0.15, -0.1) is 0 Å². The molecule has 12 rings (SSSR count). The fourth-order valence-electron chi connectivity index (χ4n) is 10.7. The summed E-state index contributed by atoms with van der Waals surface area (Å²) in [5, 5.41) is 3.61. The average Bonchev–Trinajstić information content (AvgIpc) is 3.88. The Hall–Kier alpha value is -7.70. The molecule has 66 heavy (non-hydrogen) atoms. The standard InChI is InChI=1S/C60H48F2N4/c61-43-23-31-49(32-24-43)65-57-17-9-7-15-53(57)55-39-51(35-37-59(55)65)63(45-11-3-1-4-12-45)47-27-19-41(20-28-47)42-21-29-48(30-22-42)64(46-13-5-2-6-14-46)52-36-38-60-56(40-52)54-16-8-10-18-58(54)66(60)50-33-25-44(62)26-34-50/h1-5,7-9,11-13,15-17,19-23,25-30,33-40,49H,6,10,14,18,24,31-32H2. The van der Waals surface area contributed by atoms with Crippen molar-refractivity contribution in [2.75, 3.05) is 9.80 Å². The summed E-state index contributed by atoms with van der Waals surface area (Å²) in [6.45, 7) is 0. The third-order valence-electron chi connectivity index (χ3n) is 13.8. The minimum atomic E-state index is -0.228. The maximum absolute atomic E-state index is 14.1. The molecule has 0 radical (unpaired) electrons. The normalized spacial score (nSPS) is 15.8. The fraction of sp³-hybridized carbons (Fsp3) is 0.133. The van der Waals surface area contributed by atoms with Crippen molar-refractivity contribution in [3.8, 4) is 16.8 Å². The summed E-state index contributed by atoms with van der Waals surface area (Å²) in [6.07, 6.45) is 18.8. The van der Waals surface area contributed by atoms with Crippen molar-refractivity contribution in [1.29, 1.82) is 0 Å². The minimum Gasteiger partial charge on any atom is -0.337 e. The van der Waals surface area contributed by atoms with Gasteiger partial charge in [0, 0.05) is 90.7 Å². The Labute approximate surface area is 384 Å². The minimum absolute atomic E-state index is 0.00547. The van der Waals surface area contributed by atoms with Gasteiger partial charge in [0.1, 0.15) is 5.82 Å². The van der Waals surface area contributed by atoms with Gasteiger partial charge in [0.05, 0.1) is 11.3 Å².